The van der Waals surface area contributed by atoms with Gasteiger partial charge in [-0.05, 0) is 54.9 Å². The van der Waals surface area contributed by atoms with E-state index < -0.39 is 0 Å². The fourth-order valence-electron chi connectivity index (χ4n) is 2.72. The number of benzene rings is 2. The van der Waals surface area contributed by atoms with Gasteiger partial charge >= 0.3 is 0 Å². The standard InChI is InChI=1S/C21H21Cl2NO3/c1-24(10-8-16-4-7-20-21(13-16)27-14-26-20)11-9-17(25)5-2-15-3-6-18(22)19(23)12-15/h2-7,12-13H,8-11,14H2,1H3/b5-2+. The molecule has 142 valence electrons. The van der Waals surface area contributed by atoms with Crippen LogP contribution in [0.15, 0.2) is 42.5 Å². The van der Waals surface area contributed by atoms with Gasteiger partial charge in [-0.25, -0.2) is 0 Å². The predicted octanol–water partition coefficient (Wildman–Crippen LogP) is 4.87. The first-order chi connectivity index (χ1) is 13.0. The summed E-state index contributed by atoms with van der Waals surface area (Å²) in [5.74, 6) is 1.68. The van der Waals surface area contributed by atoms with Crippen LogP contribution in [0.2, 0.25) is 10.0 Å². The maximum atomic E-state index is 12.1. The summed E-state index contributed by atoms with van der Waals surface area (Å²) in [4.78, 5) is 14.2. The normalized spacial score (nSPS) is 12.9. The van der Waals surface area contributed by atoms with Gasteiger partial charge in [0.25, 0.3) is 0 Å². The third-order valence-electron chi connectivity index (χ3n) is 4.36. The van der Waals surface area contributed by atoms with Gasteiger partial charge in [0.05, 0.1) is 10.0 Å². The molecule has 1 aliphatic heterocycles. The minimum atomic E-state index is 0.0796. The van der Waals surface area contributed by atoms with Gasteiger partial charge in [-0.2, -0.15) is 0 Å². The third kappa shape index (κ3) is 5.73. The number of fused-ring (bicyclic) bond motifs is 1. The molecule has 0 amide bonds. The fraction of sp³-hybridized carbons (Fsp3) is 0.286. The molecule has 0 saturated carbocycles. The van der Waals surface area contributed by atoms with Crippen LogP contribution in [0.25, 0.3) is 6.08 Å². The lowest BCUT2D eigenvalue weighted by molar-refractivity contribution is -0.114. The van der Waals surface area contributed by atoms with Crippen molar-refractivity contribution in [1.29, 1.82) is 0 Å². The van der Waals surface area contributed by atoms with Gasteiger partial charge in [-0.3, -0.25) is 4.79 Å². The second kappa shape index (κ2) is 9.27. The van der Waals surface area contributed by atoms with Crippen LogP contribution in [0.5, 0.6) is 11.5 Å². The van der Waals surface area contributed by atoms with Gasteiger partial charge < -0.3 is 14.4 Å². The lowest BCUT2D eigenvalue weighted by Gasteiger charge is -2.15. The molecule has 0 spiro atoms. The van der Waals surface area contributed by atoms with Crippen molar-refractivity contribution >= 4 is 35.1 Å². The van der Waals surface area contributed by atoms with Gasteiger partial charge in [0.1, 0.15) is 0 Å². The van der Waals surface area contributed by atoms with Gasteiger partial charge in [-0.15, -0.1) is 0 Å². The van der Waals surface area contributed by atoms with Crippen LogP contribution in [0.1, 0.15) is 17.5 Å². The Morgan fingerprint density at radius 3 is 2.70 bits per heavy atom. The second-order valence-corrected chi connectivity index (χ2v) is 7.28. The first-order valence-corrected chi connectivity index (χ1v) is 9.50. The Morgan fingerprint density at radius 1 is 1.07 bits per heavy atom. The monoisotopic (exact) mass is 405 g/mol. The van der Waals surface area contributed by atoms with Crippen LogP contribution in [-0.4, -0.2) is 37.6 Å². The van der Waals surface area contributed by atoms with Crippen LogP contribution in [0.3, 0.4) is 0 Å². The summed E-state index contributed by atoms with van der Waals surface area (Å²) < 4.78 is 10.7. The average Bonchev–Trinajstić information content (AvgIpc) is 3.13. The Morgan fingerprint density at radius 2 is 1.89 bits per heavy atom. The summed E-state index contributed by atoms with van der Waals surface area (Å²) in [6.45, 7) is 1.86. The van der Waals surface area contributed by atoms with Crippen LogP contribution in [-0.2, 0) is 11.2 Å². The Bertz CT molecular complexity index is 851. The zero-order valence-corrected chi connectivity index (χ0v) is 16.6. The highest BCUT2D eigenvalue weighted by Gasteiger charge is 2.13. The molecule has 3 rings (SSSR count). The number of hydrogen-bond acceptors (Lipinski definition) is 4. The minimum Gasteiger partial charge on any atom is -0.454 e. The third-order valence-corrected chi connectivity index (χ3v) is 5.10. The predicted molar refractivity (Wildman–Crippen MR) is 109 cm³/mol. The van der Waals surface area contributed by atoms with E-state index in [-0.39, 0.29) is 12.6 Å². The van der Waals surface area contributed by atoms with Gasteiger partial charge in [0.2, 0.25) is 6.79 Å². The maximum Gasteiger partial charge on any atom is 0.231 e. The second-order valence-electron chi connectivity index (χ2n) is 6.46. The molecule has 2 aromatic rings. The number of allylic oxidation sites excluding steroid dienone is 1. The molecule has 0 N–H and O–H groups in total. The van der Waals surface area contributed by atoms with Gasteiger partial charge in [0.15, 0.2) is 17.3 Å². The van der Waals surface area contributed by atoms with Gasteiger partial charge in [-0.1, -0.05) is 41.4 Å². The minimum absolute atomic E-state index is 0.0796. The molecule has 0 aromatic heterocycles. The van der Waals surface area contributed by atoms with E-state index in [4.69, 9.17) is 32.7 Å². The highest BCUT2D eigenvalue weighted by Crippen LogP contribution is 2.32. The number of likely N-dealkylation sites (N-methyl/N-ethyl adjacent to an activating group) is 1. The van der Waals surface area contributed by atoms with Crippen molar-refractivity contribution in [1.82, 2.24) is 4.90 Å². The van der Waals surface area contributed by atoms with E-state index in [1.165, 1.54) is 5.56 Å². The summed E-state index contributed by atoms with van der Waals surface area (Å²) in [6.07, 6.45) is 4.71. The Balaban J connectivity index is 1.41. The van der Waals surface area contributed by atoms with Crippen molar-refractivity contribution < 1.29 is 14.3 Å². The van der Waals surface area contributed by atoms with E-state index in [2.05, 4.69) is 4.90 Å². The molecule has 2 aromatic carbocycles. The van der Waals surface area contributed by atoms with E-state index in [1.54, 1.807) is 24.3 Å². The molecule has 0 saturated heterocycles. The summed E-state index contributed by atoms with van der Waals surface area (Å²) in [5, 5.41) is 0.985. The first kappa shape index (κ1) is 19.7. The molecule has 0 radical (unpaired) electrons. The molecule has 0 fully saturated rings. The summed E-state index contributed by atoms with van der Waals surface area (Å²) >= 11 is 11.9. The van der Waals surface area contributed by atoms with Crippen LogP contribution < -0.4 is 9.47 Å². The molecule has 0 unspecified atom stereocenters. The summed E-state index contributed by atoms with van der Waals surface area (Å²) in [5.41, 5.74) is 2.05. The zero-order valence-electron chi connectivity index (χ0n) is 15.1. The number of ether oxygens (including phenoxy) is 2. The van der Waals surface area contributed by atoms with E-state index in [9.17, 15) is 4.79 Å². The molecular formula is C21H21Cl2NO3. The molecule has 0 atom stereocenters. The quantitative estimate of drug-likeness (QED) is 0.587. The fourth-order valence-corrected chi connectivity index (χ4v) is 3.02. The van der Waals surface area contributed by atoms with E-state index in [0.29, 0.717) is 23.0 Å². The van der Waals surface area contributed by atoms with Crippen molar-refractivity contribution in [3.8, 4) is 11.5 Å². The number of carbonyl (C=O) groups is 1. The van der Waals surface area contributed by atoms with Crippen LogP contribution in [0.4, 0.5) is 0 Å². The number of hydrogen-bond donors (Lipinski definition) is 0. The van der Waals surface area contributed by atoms with Crippen molar-refractivity contribution in [3.05, 3.63) is 63.6 Å². The summed E-state index contributed by atoms with van der Waals surface area (Å²) in [7, 11) is 2.02. The first-order valence-electron chi connectivity index (χ1n) is 8.74. The summed E-state index contributed by atoms with van der Waals surface area (Å²) in [6, 6.07) is 11.3. The molecule has 1 aliphatic rings. The van der Waals surface area contributed by atoms with Gasteiger partial charge in [0, 0.05) is 19.5 Å². The van der Waals surface area contributed by atoms with E-state index in [0.717, 1.165) is 30.0 Å². The SMILES string of the molecule is CN(CCC(=O)/C=C/c1ccc(Cl)c(Cl)c1)CCc1ccc2c(c1)OCO2. The highest BCUT2D eigenvalue weighted by molar-refractivity contribution is 6.42. The van der Waals surface area contributed by atoms with E-state index in [1.807, 2.05) is 31.3 Å². The molecular weight excluding hydrogens is 385 g/mol. The number of rotatable bonds is 8. The van der Waals surface area contributed by atoms with Crippen LogP contribution >= 0.6 is 23.2 Å². The van der Waals surface area contributed by atoms with Crippen molar-refractivity contribution in [2.45, 2.75) is 12.8 Å². The number of carbonyl (C=O) groups excluding carboxylic acids is 1. The number of ketones is 1. The lowest BCUT2D eigenvalue weighted by Crippen LogP contribution is -2.24. The molecule has 0 bridgehead atoms. The highest BCUT2D eigenvalue weighted by atomic mass is 35.5. The lowest BCUT2D eigenvalue weighted by atomic mass is 10.1. The molecule has 4 nitrogen and oxygen atoms in total. The molecule has 0 aliphatic carbocycles. The molecule has 27 heavy (non-hydrogen) atoms. The molecule has 1 heterocycles. The largest absolute Gasteiger partial charge is 0.454 e. The van der Waals surface area contributed by atoms with E-state index >= 15 is 0 Å². The molecule has 6 heteroatoms. The van der Waals surface area contributed by atoms with Crippen molar-refractivity contribution in [3.63, 3.8) is 0 Å². The van der Waals surface area contributed by atoms with Crippen molar-refractivity contribution in [2.75, 3.05) is 26.9 Å². The number of nitrogens with zero attached hydrogens (tertiary/aromatic N) is 1. The average molecular weight is 406 g/mol. The Kier molecular flexibility index (Phi) is 6.78. The van der Waals surface area contributed by atoms with Crippen LogP contribution in [0, 0.1) is 0 Å². The smallest absolute Gasteiger partial charge is 0.231 e. The Hall–Kier alpha value is -2.01. The topological polar surface area (TPSA) is 38.8 Å². The maximum absolute atomic E-state index is 12.1. The number of halogens is 2. The van der Waals surface area contributed by atoms with Crippen molar-refractivity contribution in [2.24, 2.45) is 0 Å². The zero-order chi connectivity index (χ0) is 19.2. The Labute approximate surface area is 169 Å².